The van der Waals surface area contributed by atoms with Gasteiger partial charge in [0.1, 0.15) is 0 Å². The number of amides is 2. The smallest absolute Gasteiger partial charge is 0.416 e. The van der Waals surface area contributed by atoms with Gasteiger partial charge in [-0.15, -0.1) is 0 Å². The third kappa shape index (κ3) is 8.36. The summed E-state index contributed by atoms with van der Waals surface area (Å²) in [6.07, 6.45) is -4.79. The van der Waals surface area contributed by atoms with Gasteiger partial charge in [-0.2, -0.15) is 13.2 Å². The molecule has 0 unspecified atom stereocenters. The zero-order valence-electron chi connectivity index (χ0n) is 17.7. The lowest BCUT2D eigenvalue weighted by atomic mass is 10.1. The lowest BCUT2D eigenvalue weighted by Gasteiger charge is -2.12. The number of rotatable bonds is 8. The fourth-order valence-corrected chi connectivity index (χ4v) is 3.23. The molecule has 2 N–H and O–H groups in total. The minimum absolute atomic E-state index is 0.0436. The number of halogens is 5. The molecule has 0 bridgehead atoms. The molecule has 0 saturated heterocycles. The number of nitrogens with one attached hydrogen (secondary N) is 2. The first kappa shape index (κ1) is 26.7. The number of anilines is 2. The highest BCUT2D eigenvalue weighted by Gasteiger charge is 2.31. The van der Waals surface area contributed by atoms with E-state index in [1.165, 1.54) is 0 Å². The molecule has 0 fully saturated rings. The van der Waals surface area contributed by atoms with E-state index in [0.717, 1.165) is 33.8 Å². The maximum Gasteiger partial charge on any atom is 0.416 e. The van der Waals surface area contributed by atoms with Crippen molar-refractivity contribution in [1.29, 1.82) is 0 Å². The lowest BCUT2D eigenvalue weighted by Crippen LogP contribution is -2.21. The van der Waals surface area contributed by atoms with E-state index < -0.39 is 36.1 Å². The van der Waals surface area contributed by atoms with Crippen molar-refractivity contribution >= 4 is 56.7 Å². The zero-order chi connectivity index (χ0) is 24.8. The lowest BCUT2D eigenvalue weighted by molar-refractivity contribution is -0.147. The second-order valence-electron chi connectivity index (χ2n) is 7.23. The van der Waals surface area contributed by atoms with E-state index >= 15 is 0 Å². The number of ether oxygens (including phenoxy) is 1. The fraction of sp³-hybridized carbons (Fsp3) is 0.318. The van der Waals surface area contributed by atoms with Crippen molar-refractivity contribution in [2.24, 2.45) is 0 Å². The van der Waals surface area contributed by atoms with Crippen molar-refractivity contribution in [3.05, 3.63) is 56.5 Å². The predicted octanol–water partition coefficient (Wildman–Crippen LogP) is 6.03. The Morgan fingerprint density at radius 2 is 1.64 bits per heavy atom. The fourth-order valence-electron chi connectivity index (χ4n) is 2.84. The summed E-state index contributed by atoms with van der Waals surface area (Å²) in [4.78, 5) is 35.8. The van der Waals surface area contributed by atoms with E-state index in [-0.39, 0.29) is 30.0 Å². The number of carbonyl (C=O) groups excluding carboxylic acids is 3. The molecule has 11 heteroatoms. The number of aryl methyl sites for hydroxylation is 2. The van der Waals surface area contributed by atoms with Crippen LogP contribution in [0.25, 0.3) is 0 Å². The summed E-state index contributed by atoms with van der Waals surface area (Å²) in [6.45, 7) is 3.27. The number of esters is 1. The van der Waals surface area contributed by atoms with Gasteiger partial charge in [0.15, 0.2) is 6.61 Å². The van der Waals surface area contributed by atoms with Gasteiger partial charge in [-0.1, -0.05) is 27.5 Å². The van der Waals surface area contributed by atoms with Crippen LogP contribution in [0.2, 0.25) is 5.02 Å². The van der Waals surface area contributed by atoms with Crippen LogP contribution in [0, 0.1) is 13.8 Å². The maximum atomic E-state index is 12.8. The minimum atomic E-state index is -4.57. The Morgan fingerprint density at radius 1 is 1.00 bits per heavy atom. The molecule has 2 aromatic rings. The zero-order valence-corrected chi connectivity index (χ0v) is 20.1. The summed E-state index contributed by atoms with van der Waals surface area (Å²) in [5.74, 6) is -1.80. The molecule has 178 valence electrons. The first-order chi connectivity index (χ1) is 15.4. The number of alkyl halides is 3. The molecule has 0 spiro atoms. The van der Waals surface area contributed by atoms with Crippen LogP contribution in [0.15, 0.2) is 34.8 Å². The number of hydrogen-bond acceptors (Lipinski definition) is 4. The van der Waals surface area contributed by atoms with E-state index in [1.807, 2.05) is 13.8 Å². The van der Waals surface area contributed by atoms with Crippen molar-refractivity contribution in [3.63, 3.8) is 0 Å². The monoisotopic (exact) mass is 548 g/mol. The molecule has 0 aliphatic heterocycles. The highest BCUT2D eigenvalue weighted by molar-refractivity contribution is 9.10. The van der Waals surface area contributed by atoms with Crippen molar-refractivity contribution in [3.8, 4) is 0 Å². The Kier molecular flexibility index (Phi) is 9.30. The molecular formula is C22H21BrClF3N2O4. The Balaban J connectivity index is 1.75. The van der Waals surface area contributed by atoms with Crippen LogP contribution in [0.1, 0.15) is 36.0 Å². The van der Waals surface area contributed by atoms with Gasteiger partial charge < -0.3 is 15.4 Å². The summed E-state index contributed by atoms with van der Waals surface area (Å²) < 4.78 is 44.2. The van der Waals surface area contributed by atoms with Crippen LogP contribution in [0.3, 0.4) is 0 Å². The van der Waals surface area contributed by atoms with Gasteiger partial charge >= 0.3 is 12.1 Å². The number of carbonyl (C=O) groups is 3. The van der Waals surface area contributed by atoms with E-state index in [2.05, 4.69) is 26.6 Å². The summed E-state index contributed by atoms with van der Waals surface area (Å²) in [5.41, 5.74) is 1.32. The SMILES string of the molecule is Cc1cc(NC(=O)COC(=O)CCCC(=O)Nc2cc(C(F)(F)F)ccc2Cl)cc(C)c1Br. The summed E-state index contributed by atoms with van der Waals surface area (Å²) >= 11 is 9.27. The topological polar surface area (TPSA) is 84.5 Å². The number of hydrogen-bond donors (Lipinski definition) is 2. The summed E-state index contributed by atoms with van der Waals surface area (Å²) in [6, 6.07) is 6.13. The van der Waals surface area contributed by atoms with Crippen LogP contribution >= 0.6 is 27.5 Å². The highest BCUT2D eigenvalue weighted by atomic mass is 79.9. The standard InChI is InChI=1S/C22H21BrClF3N2O4/c1-12-8-15(9-13(2)21(12)23)28-19(31)11-33-20(32)5-3-4-18(30)29-17-10-14(22(25,26)27)6-7-16(17)24/h6-10H,3-5,11H2,1-2H3,(H,28,31)(H,29,30). The molecule has 6 nitrogen and oxygen atoms in total. The molecule has 0 aliphatic rings. The molecule has 2 amide bonds. The Morgan fingerprint density at radius 3 is 2.24 bits per heavy atom. The molecule has 2 rings (SSSR count). The van der Waals surface area contributed by atoms with Gasteiger partial charge in [0.05, 0.1) is 16.3 Å². The Hall–Kier alpha value is -2.59. The highest BCUT2D eigenvalue weighted by Crippen LogP contribution is 2.34. The second kappa shape index (κ2) is 11.5. The molecule has 0 radical (unpaired) electrons. The maximum absolute atomic E-state index is 12.8. The van der Waals surface area contributed by atoms with Gasteiger partial charge in [-0.05, 0) is 61.7 Å². The van der Waals surface area contributed by atoms with E-state index in [9.17, 15) is 27.6 Å². The predicted molar refractivity (Wildman–Crippen MR) is 122 cm³/mol. The van der Waals surface area contributed by atoms with E-state index in [4.69, 9.17) is 16.3 Å². The second-order valence-corrected chi connectivity index (χ2v) is 8.43. The molecule has 0 heterocycles. The van der Waals surface area contributed by atoms with Gasteiger partial charge in [-0.25, -0.2) is 0 Å². The van der Waals surface area contributed by atoms with Gasteiger partial charge in [0.25, 0.3) is 5.91 Å². The quantitative estimate of drug-likeness (QED) is 0.394. The van der Waals surface area contributed by atoms with E-state index in [1.54, 1.807) is 12.1 Å². The largest absolute Gasteiger partial charge is 0.456 e. The molecule has 0 atom stereocenters. The van der Waals surface area contributed by atoms with Crippen LogP contribution in [0.4, 0.5) is 24.5 Å². The number of benzene rings is 2. The normalized spacial score (nSPS) is 11.1. The van der Waals surface area contributed by atoms with Crippen LogP contribution < -0.4 is 10.6 Å². The molecular weight excluding hydrogens is 529 g/mol. The summed E-state index contributed by atoms with van der Waals surface area (Å²) in [7, 11) is 0. The molecule has 0 saturated carbocycles. The third-order valence-electron chi connectivity index (χ3n) is 4.44. The van der Waals surface area contributed by atoms with Crippen LogP contribution in [-0.4, -0.2) is 24.4 Å². The minimum Gasteiger partial charge on any atom is -0.456 e. The average Bonchev–Trinajstić information content (AvgIpc) is 2.71. The first-order valence-corrected chi connectivity index (χ1v) is 10.9. The molecule has 33 heavy (non-hydrogen) atoms. The van der Waals surface area contributed by atoms with Crippen molar-refractivity contribution in [2.75, 3.05) is 17.2 Å². The third-order valence-corrected chi connectivity index (χ3v) is 6.02. The molecule has 0 aliphatic carbocycles. The van der Waals surface area contributed by atoms with Crippen molar-refractivity contribution in [2.45, 2.75) is 39.3 Å². The van der Waals surface area contributed by atoms with Crippen molar-refractivity contribution < 1.29 is 32.3 Å². The van der Waals surface area contributed by atoms with Crippen LogP contribution in [0.5, 0.6) is 0 Å². The summed E-state index contributed by atoms with van der Waals surface area (Å²) in [5, 5.41) is 4.89. The van der Waals surface area contributed by atoms with Crippen molar-refractivity contribution in [1.82, 2.24) is 0 Å². The van der Waals surface area contributed by atoms with Crippen LogP contribution in [-0.2, 0) is 25.3 Å². The van der Waals surface area contributed by atoms with Gasteiger partial charge in [0.2, 0.25) is 5.91 Å². The van der Waals surface area contributed by atoms with Gasteiger partial charge in [-0.3, -0.25) is 14.4 Å². The molecule has 0 aromatic heterocycles. The average molecular weight is 550 g/mol. The Bertz CT molecular complexity index is 1040. The van der Waals surface area contributed by atoms with E-state index in [0.29, 0.717) is 5.69 Å². The van der Waals surface area contributed by atoms with Gasteiger partial charge in [0, 0.05) is 23.0 Å². The Labute approximate surface area is 202 Å². The molecule has 2 aromatic carbocycles. The first-order valence-electron chi connectivity index (χ1n) is 9.75.